The highest BCUT2D eigenvalue weighted by Crippen LogP contribution is 2.40. The van der Waals surface area contributed by atoms with Gasteiger partial charge in [0.25, 0.3) is 0 Å². The fourth-order valence-electron chi connectivity index (χ4n) is 2.39. The van der Waals surface area contributed by atoms with Gasteiger partial charge in [-0.1, -0.05) is 17.7 Å². The summed E-state index contributed by atoms with van der Waals surface area (Å²) in [6.07, 6.45) is 0. The van der Waals surface area contributed by atoms with Gasteiger partial charge in [0.05, 0.1) is 21.3 Å². The van der Waals surface area contributed by atoms with E-state index in [-0.39, 0.29) is 11.8 Å². The van der Waals surface area contributed by atoms with Crippen LogP contribution in [-0.2, 0) is 0 Å². The van der Waals surface area contributed by atoms with Gasteiger partial charge in [-0.25, -0.2) is 0 Å². The van der Waals surface area contributed by atoms with Crippen LogP contribution in [0.15, 0.2) is 40.8 Å². The van der Waals surface area contributed by atoms with Gasteiger partial charge in [-0.05, 0) is 18.2 Å². The van der Waals surface area contributed by atoms with Gasteiger partial charge in [0, 0.05) is 28.4 Å². The average Bonchev–Trinajstić information content (AvgIpc) is 3.17. The first-order valence-corrected chi connectivity index (χ1v) is 8.14. The van der Waals surface area contributed by atoms with Crippen LogP contribution < -0.4 is 19.5 Å². The summed E-state index contributed by atoms with van der Waals surface area (Å²) < 4.78 is 21.2. The third kappa shape index (κ3) is 3.95. The average molecular weight is 390 g/mol. The molecule has 0 spiro atoms. The predicted molar refractivity (Wildman–Crippen MR) is 98.8 cm³/mol. The molecule has 0 aliphatic carbocycles. The molecule has 0 fully saturated rings. The van der Waals surface area contributed by atoms with Gasteiger partial charge in [0.1, 0.15) is 0 Å². The van der Waals surface area contributed by atoms with Crippen LogP contribution in [0.2, 0.25) is 5.02 Å². The molecule has 1 heterocycles. The van der Waals surface area contributed by atoms with Gasteiger partial charge < -0.3 is 23.9 Å². The second-order valence-electron chi connectivity index (χ2n) is 5.29. The number of nitrogens with zero attached hydrogens (tertiary/aromatic N) is 2. The maximum absolute atomic E-state index is 12.4. The van der Waals surface area contributed by atoms with E-state index < -0.39 is 5.91 Å². The molecular weight excluding hydrogens is 374 g/mol. The Bertz CT molecular complexity index is 948. The SMILES string of the molecule is COc1cc(NC(=O)c2nnc(-c3cccc(Cl)c3)o2)cc(OC)c1OC. The molecule has 140 valence electrons. The smallest absolute Gasteiger partial charge is 0.313 e. The van der Waals surface area contributed by atoms with Gasteiger partial charge >= 0.3 is 11.8 Å². The first kappa shape index (κ1) is 18.5. The van der Waals surface area contributed by atoms with Crippen molar-refractivity contribution in [3.8, 4) is 28.7 Å². The van der Waals surface area contributed by atoms with Crippen LogP contribution in [0.25, 0.3) is 11.5 Å². The van der Waals surface area contributed by atoms with Crippen molar-refractivity contribution in [1.29, 1.82) is 0 Å². The van der Waals surface area contributed by atoms with Crippen LogP contribution in [0.5, 0.6) is 17.2 Å². The highest BCUT2D eigenvalue weighted by atomic mass is 35.5. The van der Waals surface area contributed by atoms with E-state index in [2.05, 4.69) is 15.5 Å². The van der Waals surface area contributed by atoms with Crippen molar-refractivity contribution >= 4 is 23.2 Å². The topological polar surface area (TPSA) is 95.7 Å². The summed E-state index contributed by atoms with van der Waals surface area (Å²) in [5, 5.41) is 10.8. The van der Waals surface area contributed by atoms with Crippen molar-refractivity contribution in [2.24, 2.45) is 0 Å². The molecular formula is C18H16ClN3O5. The van der Waals surface area contributed by atoms with Gasteiger partial charge in [-0.3, -0.25) is 4.79 Å². The van der Waals surface area contributed by atoms with Crippen LogP contribution in [0, 0.1) is 0 Å². The third-order valence-corrected chi connectivity index (χ3v) is 3.85. The zero-order chi connectivity index (χ0) is 19.4. The molecule has 1 N–H and O–H groups in total. The largest absolute Gasteiger partial charge is 0.493 e. The van der Waals surface area contributed by atoms with Gasteiger partial charge in [-0.15, -0.1) is 10.2 Å². The Hall–Kier alpha value is -3.26. The fourth-order valence-corrected chi connectivity index (χ4v) is 2.58. The fraction of sp³-hybridized carbons (Fsp3) is 0.167. The Morgan fingerprint density at radius 1 is 1.04 bits per heavy atom. The lowest BCUT2D eigenvalue weighted by atomic mass is 10.2. The number of anilines is 1. The molecule has 0 saturated heterocycles. The number of hydrogen-bond donors (Lipinski definition) is 1. The maximum atomic E-state index is 12.4. The van der Waals surface area contributed by atoms with E-state index in [1.165, 1.54) is 21.3 Å². The van der Waals surface area contributed by atoms with Crippen LogP contribution in [0.4, 0.5) is 5.69 Å². The van der Waals surface area contributed by atoms with Crippen LogP contribution in [-0.4, -0.2) is 37.4 Å². The zero-order valence-electron chi connectivity index (χ0n) is 14.8. The zero-order valence-corrected chi connectivity index (χ0v) is 15.5. The van der Waals surface area contributed by atoms with Gasteiger partial charge in [-0.2, -0.15) is 0 Å². The molecule has 3 rings (SSSR count). The summed E-state index contributed by atoms with van der Waals surface area (Å²) in [6.45, 7) is 0. The summed E-state index contributed by atoms with van der Waals surface area (Å²) in [4.78, 5) is 12.4. The molecule has 0 saturated carbocycles. The molecule has 1 amide bonds. The lowest BCUT2D eigenvalue weighted by Crippen LogP contribution is -2.12. The third-order valence-electron chi connectivity index (χ3n) is 3.61. The maximum Gasteiger partial charge on any atom is 0.313 e. The molecule has 0 radical (unpaired) electrons. The number of aromatic nitrogens is 2. The number of halogens is 1. The minimum Gasteiger partial charge on any atom is -0.493 e. The number of carbonyl (C=O) groups is 1. The van der Waals surface area contributed by atoms with E-state index in [1.54, 1.807) is 36.4 Å². The minimum absolute atomic E-state index is 0.188. The van der Waals surface area contributed by atoms with E-state index in [4.69, 9.17) is 30.2 Å². The number of rotatable bonds is 6. The van der Waals surface area contributed by atoms with Crippen molar-refractivity contribution < 1.29 is 23.4 Å². The second-order valence-corrected chi connectivity index (χ2v) is 5.73. The summed E-state index contributed by atoms with van der Waals surface area (Å²) in [5.41, 5.74) is 1.03. The number of nitrogens with one attached hydrogen (secondary N) is 1. The quantitative estimate of drug-likeness (QED) is 0.687. The molecule has 3 aromatic rings. The van der Waals surface area contributed by atoms with Crippen molar-refractivity contribution in [3.63, 3.8) is 0 Å². The first-order valence-electron chi connectivity index (χ1n) is 7.76. The van der Waals surface area contributed by atoms with Crippen LogP contribution in [0.1, 0.15) is 10.7 Å². The highest BCUT2D eigenvalue weighted by Gasteiger charge is 2.19. The lowest BCUT2D eigenvalue weighted by Gasteiger charge is -2.14. The summed E-state index contributed by atoms with van der Waals surface area (Å²) in [7, 11) is 4.46. The Morgan fingerprint density at radius 3 is 2.33 bits per heavy atom. The normalized spacial score (nSPS) is 10.4. The number of ether oxygens (including phenoxy) is 3. The Kier molecular flexibility index (Phi) is 5.46. The Labute approximate surface area is 160 Å². The van der Waals surface area contributed by atoms with E-state index in [0.717, 1.165) is 0 Å². The molecule has 27 heavy (non-hydrogen) atoms. The molecule has 0 atom stereocenters. The molecule has 0 aliphatic heterocycles. The van der Waals surface area contributed by atoms with Crippen molar-refractivity contribution in [3.05, 3.63) is 47.3 Å². The minimum atomic E-state index is -0.579. The summed E-state index contributed by atoms with van der Waals surface area (Å²) in [6, 6.07) is 10.1. The van der Waals surface area contributed by atoms with E-state index >= 15 is 0 Å². The van der Waals surface area contributed by atoms with Crippen LogP contribution in [0.3, 0.4) is 0 Å². The Balaban J connectivity index is 1.84. The number of benzene rings is 2. The summed E-state index contributed by atoms with van der Waals surface area (Å²) >= 11 is 5.95. The van der Waals surface area contributed by atoms with Crippen molar-refractivity contribution in [2.75, 3.05) is 26.6 Å². The molecule has 1 aromatic heterocycles. The number of amides is 1. The summed E-state index contributed by atoms with van der Waals surface area (Å²) in [5.74, 6) is 0.630. The van der Waals surface area contributed by atoms with E-state index in [0.29, 0.717) is 33.5 Å². The van der Waals surface area contributed by atoms with Crippen molar-refractivity contribution in [1.82, 2.24) is 10.2 Å². The van der Waals surface area contributed by atoms with Gasteiger partial charge in [0.15, 0.2) is 11.5 Å². The van der Waals surface area contributed by atoms with E-state index in [1.807, 2.05) is 0 Å². The predicted octanol–water partition coefficient (Wildman–Crippen LogP) is 3.67. The standard InChI is InChI=1S/C18H16ClN3O5/c1-24-13-8-12(9-14(25-2)15(13)26-3)20-16(23)18-22-21-17(27-18)10-5-4-6-11(19)7-10/h4-9H,1-3H3,(H,20,23). The van der Waals surface area contributed by atoms with Crippen molar-refractivity contribution in [2.45, 2.75) is 0 Å². The number of hydrogen-bond acceptors (Lipinski definition) is 7. The molecule has 0 unspecified atom stereocenters. The van der Waals surface area contributed by atoms with Gasteiger partial charge in [0.2, 0.25) is 11.6 Å². The number of methoxy groups -OCH3 is 3. The molecule has 0 aliphatic rings. The van der Waals surface area contributed by atoms with Crippen LogP contribution >= 0.6 is 11.6 Å². The molecule has 2 aromatic carbocycles. The molecule has 0 bridgehead atoms. The highest BCUT2D eigenvalue weighted by molar-refractivity contribution is 6.30. The number of carbonyl (C=O) groups excluding carboxylic acids is 1. The second kappa shape index (κ2) is 7.96. The molecule has 8 nitrogen and oxygen atoms in total. The first-order chi connectivity index (χ1) is 13.0. The van der Waals surface area contributed by atoms with E-state index in [9.17, 15) is 4.79 Å². The lowest BCUT2D eigenvalue weighted by molar-refractivity contribution is 0.0991. The monoisotopic (exact) mass is 389 g/mol. The Morgan fingerprint density at radius 2 is 1.74 bits per heavy atom. The molecule has 9 heteroatoms.